The Labute approximate surface area is 167 Å². The average Bonchev–Trinajstić information content (AvgIpc) is 3.56. The molecule has 28 heavy (non-hydrogen) atoms. The van der Waals surface area contributed by atoms with E-state index in [4.69, 9.17) is 9.97 Å². The maximum absolute atomic E-state index is 4.95. The highest BCUT2D eigenvalue weighted by atomic mass is 14.9. The molecule has 1 aliphatic rings. The normalized spacial score (nSPS) is 13.8. The number of rotatable bonds is 9. The van der Waals surface area contributed by atoms with Crippen LogP contribution < -0.4 is 10.6 Å². The van der Waals surface area contributed by atoms with Crippen molar-refractivity contribution in [3.05, 3.63) is 53.7 Å². The highest BCUT2D eigenvalue weighted by Crippen LogP contribution is 2.32. The molecule has 2 aromatic heterocycles. The van der Waals surface area contributed by atoms with Gasteiger partial charge in [-0.2, -0.15) is 0 Å². The second-order valence-electron chi connectivity index (χ2n) is 7.84. The van der Waals surface area contributed by atoms with Gasteiger partial charge in [-0.05, 0) is 80.9 Å². The fraction of sp³-hybridized carbons (Fsp3) is 0.417. The maximum Gasteiger partial charge on any atom is 0.0914 e. The Kier molecular flexibility index (Phi) is 5.87. The molecular weight excluding hydrogens is 344 g/mol. The SMILES string of the molecule is CCc1ccc2c(NCC3CC3)cc(-c3ccc(CCCNC)cn3)nc2c1. The molecule has 0 unspecified atom stereocenters. The van der Waals surface area contributed by atoms with E-state index in [-0.39, 0.29) is 0 Å². The van der Waals surface area contributed by atoms with Crippen LogP contribution >= 0.6 is 0 Å². The predicted molar refractivity (Wildman–Crippen MR) is 118 cm³/mol. The summed E-state index contributed by atoms with van der Waals surface area (Å²) in [7, 11) is 1.99. The Morgan fingerprint density at radius 1 is 1.04 bits per heavy atom. The minimum Gasteiger partial charge on any atom is -0.384 e. The van der Waals surface area contributed by atoms with Crippen LogP contribution in [0.4, 0.5) is 5.69 Å². The van der Waals surface area contributed by atoms with E-state index in [1.165, 1.54) is 35.0 Å². The van der Waals surface area contributed by atoms with Gasteiger partial charge in [0, 0.05) is 23.8 Å². The van der Waals surface area contributed by atoms with Crippen molar-refractivity contribution in [2.24, 2.45) is 5.92 Å². The summed E-state index contributed by atoms with van der Waals surface area (Å²) >= 11 is 0. The Morgan fingerprint density at radius 3 is 2.61 bits per heavy atom. The van der Waals surface area contributed by atoms with Crippen molar-refractivity contribution in [3.8, 4) is 11.4 Å². The molecule has 0 amide bonds. The van der Waals surface area contributed by atoms with Crippen LogP contribution in [0.5, 0.6) is 0 Å². The molecule has 0 radical (unpaired) electrons. The minimum absolute atomic E-state index is 0.830. The van der Waals surface area contributed by atoms with Crippen LogP contribution in [0.25, 0.3) is 22.3 Å². The Bertz CT molecular complexity index is 929. The monoisotopic (exact) mass is 374 g/mol. The Morgan fingerprint density at radius 2 is 1.89 bits per heavy atom. The number of nitrogens with one attached hydrogen (secondary N) is 2. The third kappa shape index (κ3) is 4.50. The van der Waals surface area contributed by atoms with Crippen LogP contribution in [-0.4, -0.2) is 30.1 Å². The number of aromatic nitrogens is 2. The molecule has 0 atom stereocenters. The number of hydrogen-bond acceptors (Lipinski definition) is 4. The van der Waals surface area contributed by atoms with Gasteiger partial charge < -0.3 is 10.6 Å². The minimum atomic E-state index is 0.830. The summed E-state index contributed by atoms with van der Waals surface area (Å²) in [6, 6.07) is 13.1. The van der Waals surface area contributed by atoms with Gasteiger partial charge >= 0.3 is 0 Å². The first-order valence-electron chi connectivity index (χ1n) is 10.5. The summed E-state index contributed by atoms with van der Waals surface area (Å²) in [6.07, 6.45) is 7.88. The Hall–Kier alpha value is -2.46. The molecule has 4 heteroatoms. The van der Waals surface area contributed by atoms with Gasteiger partial charge in [-0.1, -0.05) is 25.1 Å². The third-order valence-electron chi connectivity index (χ3n) is 5.54. The van der Waals surface area contributed by atoms with Gasteiger partial charge in [-0.15, -0.1) is 0 Å². The van der Waals surface area contributed by atoms with E-state index in [9.17, 15) is 0 Å². The predicted octanol–water partition coefficient (Wildman–Crippen LogP) is 4.83. The van der Waals surface area contributed by atoms with Crippen molar-refractivity contribution in [2.75, 3.05) is 25.5 Å². The number of anilines is 1. The standard InChI is InChI=1S/C24H30N4/c1-3-17-8-10-20-22(27-16-19-6-7-19)14-24(28-23(20)13-17)21-11-9-18(15-26-21)5-4-12-25-2/h8-11,13-15,19,25H,3-7,12,16H2,1-2H3,(H,27,28). The van der Waals surface area contributed by atoms with Crippen LogP contribution in [0.3, 0.4) is 0 Å². The van der Waals surface area contributed by atoms with E-state index in [0.717, 1.165) is 55.2 Å². The molecule has 146 valence electrons. The summed E-state index contributed by atoms with van der Waals surface area (Å²) < 4.78 is 0. The van der Waals surface area contributed by atoms with E-state index in [2.05, 4.69) is 54.0 Å². The van der Waals surface area contributed by atoms with Gasteiger partial charge in [0.1, 0.15) is 0 Å². The van der Waals surface area contributed by atoms with Crippen LogP contribution in [0.1, 0.15) is 37.3 Å². The number of hydrogen-bond donors (Lipinski definition) is 2. The molecule has 1 aromatic carbocycles. The van der Waals surface area contributed by atoms with E-state index in [0.29, 0.717) is 0 Å². The average molecular weight is 375 g/mol. The number of nitrogens with zero attached hydrogens (tertiary/aromatic N) is 2. The second kappa shape index (κ2) is 8.70. The van der Waals surface area contributed by atoms with Crippen molar-refractivity contribution < 1.29 is 0 Å². The molecule has 1 saturated carbocycles. The first-order valence-corrected chi connectivity index (χ1v) is 10.5. The topological polar surface area (TPSA) is 49.8 Å². The molecular formula is C24H30N4. The van der Waals surface area contributed by atoms with Gasteiger partial charge in [-0.3, -0.25) is 4.98 Å². The lowest BCUT2D eigenvalue weighted by atomic mass is 10.1. The molecule has 3 aromatic rings. The molecule has 0 aliphatic heterocycles. The molecule has 1 fully saturated rings. The summed E-state index contributed by atoms with van der Waals surface area (Å²) in [5, 5.41) is 8.06. The number of aryl methyl sites for hydroxylation is 2. The van der Waals surface area contributed by atoms with Crippen molar-refractivity contribution >= 4 is 16.6 Å². The summed E-state index contributed by atoms with van der Waals surface area (Å²) in [5.41, 5.74) is 6.71. The number of fused-ring (bicyclic) bond motifs is 1. The highest BCUT2D eigenvalue weighted by Gasteiger charge is 2.21. The molecule has 0 spiro atoms. The van der Waals surface area contributed by atoms with Crippen LogP contribution in [0.2, 0.25) is 0 Å². The lowest BCUT2D eigenvalue weighted by Crippen LogP contribution is -2.08. The quantitative estimate of drug-likeness (QED) is 0.527. The lowest BCUT2D eigenvalue weighted by Gasteiger charge is -2.13. The van der Waals surface area contributed by atoms with Crippen LogP contribution in [0.15, 0.2) is 42.6 Å². The van der Waals surface area contributed by atoms with Gasteiger partial charge in [0.25, 0.3) is 0 Å². The highest BCUT2D eigenvalue weighted by molar-refractivity contribution is 5.94. The number of benzene rings is 1. The molecule has 4 nitrogen and oxygen atoms in total. The molecule has 2 heterocycles. The smallest absolute Gasteiger partial charge is 0.0914 e. The zero-order valence-electron chi connectivity index (χ0n) is 17.0. The summed E-state index contributed by atoms with van der Waals surface area (Å²) in [5.74, 6) is 0.830. The first kappa shape index (κ1) is 18.9. The van der Waals surface area contributed by atoms with Gasteiger partial charge in [0.15, 0.2) is 0 Å². The van der Waals surface area contributed by atoms with E-state index in [1.807, 2.05) is 13.2 Å². The largest absolute Gasteiger partial charge is 0.384 e. The molecule has 0 saturated heterocycles. The van der Waals surface area contributed by atoms with E-state index >= 15 is 0 Å². The Balaban J connectivity index is 1.64. The third-order valence-corrected chi connectivity index (χ3v) is 5.54. The van der Waals surface area contributed by atoms with Crippen molar-refractivity contribution in [3.63, 3.8) is 0 Å². The fourth-order valence-electron chi connectivity index (χ4n) is 3.54. The fourth-order valence-corrected chi connectivity index (χ4v) is 3.54. The van der Waals surface area contributed by atoms with Gasteiger partial charge in [0.2, 0.25) is 0 Å². The summed E-state index contributed by atoms with van der Waals surface area (Å²) in [6.45, 7) is 4.27. The zero-order chi connectivity index (χ0) is 19.3. The molecule has 1 aliphatic carbocycles. The number of pyridine rings is 2. The van der Waals surface area contributed by atoms with Crippen LogP contribution in [-0.2, 0) is 12.8 Å². The van der Waals surface area contributed by atoms with Gasteiger partial charge in [-0.25, -0.2) is 4.98 Å². The maximum atomic E-state index is 4.95. The zero-order valence-corrected chi connectivity index (χ0v) is 17.0. The van der Waals surface area contributed by atoms with E-state index < -0.39 is 0 Å². The second-order valence-corrected chi connectivity index (χ2v) is 7.84. The molecule has 2 N–H and O–H groups in total. The van der Waals surface area contributed by atoms with E-state index in [1.54, 1.807) is 0 Å². The molecule has 4 rings (SSSR count). The van der Waals surface area contributed by atoms with Crippen LogP contribution in [0, 0.1) is 5.92 Å². The van der Waals surface area contributed by atoms with Gasteiger partial charge in [0.05, 0.1) is 16.9 Å². The lowest BCUT2D eigenvalue weighted by molar-refractivity contribution is 0.723. The van der Waals surface area contributed by atoms with Crippen molar-refractivity contribution in [1.29, 1.82) is 0 Å². The van der Waals surface area contributed by atoms with Crippen molar-refractivity contribution in [2.45, 2.75) is 39.0 Å². The first-order chi connectivity index (χ1) is 13.8. The summed E-state index contributed by atoms with van der Waals surface area (Å²) in [4.78, 5) is 9.67. The molecule has 0 bridgehead atoms. The van der Waals surface area contributed by atoms with Crippen molar-refractivity contribution in [1.82, 2.24) is 15.3 Å².